The minimum absolute atomic E-state index is 0.0771. The van der Waals surface area contributed by atoms with E-state index in [-0.39, 0.29) is 33.4 Å². The number of carbonyl (C=O) groups is 1. The van der Waals surface area contributed by atoms with Crippen molar-refractivity contribution >= 4 is 39.1 Å². The van der Waals surface area contributed by atoms with E-state index in [0.29, 0.717) is 5.02 Å². The second kappa shape index (κ2) is 7.36. The molecular weight excluding hydrogens is 383 g/mol. The molecule has 0 fully saturated rings. The lowest BCUT2D eigenvalue weighted by Gasteiger charge is -2.18. The lowest BCUT2D eigenvalue weighted by atomic mass is 10.0. The van der Waals surface area contributed by atoms with Crippen LogP contribution in [0.4, 0.5) is 0 Å². The van der Waals surface area contributed by atoms with Crippen LogP contribution in [-0.2, 0) is 10.1 Å². The SMILES string of the molecule is CC(C)(C)CS(=O)(=O)Oc1cccc(C(=O)c2cc(Cl)ccc2Cl)c1. The highest BCUT2D eigenvalue weighted by Gasteiger charge is 2.24. The number of benzene rings is 2. The molecular formula is C18H18Cl2O4S. The summed E-state index contributed by atoms with van der Waals surface area (Å²) in [7, 11) is -3.77. The smallest absolute Gasteiger partial charge is 0.309 e. The van der Waals surface area contributed by atoms with Gasteiger partial charge in [-0.3, -0.25) is 4.79 Å². The van der Waals surface area contributed by atoms with Crippen LogP contribution >= 0.6 is 23.2 Å². The third-order valence-corrected chi connectivity index (χ3v) is 5.33. The lowest BCUT2D eigenvalue weighted by molar-refractivity contribution is 0.103. The van der Waals surface area contributed by atoms with Crippen LogP contribution in [0.5, 0.6) is 5.75 Å². The molecule has 0 aromatic heterocycles. The van der Waals surface area contributed by atoms with Crippen LogP contribution < -0.4 is 4.18 Å². The highest BCUT2D eigenvalue weighted by Crippen LogP contribution is 2.26. The molecule has 134 valence electrons. The van der Waals surface area contributed by atoms with Gasteiger partial charge in [0, 0.05) is 16.1 Å². The van der Waals surface area contributed by atoms with Gasteiger partial charge < -0.3 is 4.18 Å². The van der Waals surface area contributed by atoms with Gasteiger partial charge in [-0.05, 0) is 35.7 Å². The van der Waals surface area contributed by atoms with Crippen LogP contribution in [0, 0.1) is 5.41 Å². The van der Waals surface area contributed by atoms with Crippen molar-refractivity contribution in [2.75, 3.05) is 5.75 Å². The summed E-state index contributed by atoms with van der Waals surface area (Å²) in [6.07, 6.45) is 0. The van der Waals surface area contributed by atoms with E-state index in [1.807, 2.05) is 0 Å². The van der Waals surface area contributed by atoms with Gasteiger partial charge in [-0.2, -0.15) is 8.42 Å². The number of rotatable bonds is 5. The molecule has 2 aromatic carbocycles. The van der Waals surface area contributed by atoms with Crippen LogP contribution in [0.2, 0.25) is 10.0 Å². The van der Waals surface area contributed by atoms with Crippen LogP contribution in [0.25, 0.3) is 0 Å². The van der Waals surface area contributed by atoms with Gasteiger partial charge in [0.1, 0.15) is 5.75 Å². The molecule has 0 heterocycles. The van der Waals surface area contributed by atoms with Crippen molar-refractivity contribution in [3.8, 4) is 5.75 Å². The molecule has 0 aliphatic heterocycles. The Hall–Kier alpha value is -1.56. The molecule has 4 nitrogen and oxygen atoms in total. The molecule has 0 amide bonds. The first-order valence-corrected chi connectivity index (χ1v) is 9.82. The Bertz CT molecular complexity index is 900. The van der Waals surface area contributed by atoms with Crippen molar-refractivity contribution in [3.05, 3.63) is 63.6 Å². The Balaban J connectivity index is 2.30. The first kappa shape index (κ1) is 19.8. The van der Waals surface area contributed by atoms with Gasteiger partial charge in [-0.25, -0.2) is 0 Å². The molecule has 0 N–H and O–H groups in total. The van der Waals surface area contributed by atoms with Crippen molar-refractivity contribution in [1.82, 2.24) is 0 Å². The zero-order valence-corrected chi connectivity index (χ0v) is 16.4. The maximum atomic E-state index is 12.6. The van der Waals surface area contributed by atoms with Crippen molar-refractivity contribution in [2.24, 2.45) is 5.41 Å². The fourth-order valence-corrected chi connectivity index (χ4v) is 4.11. The summed E-state index contributed by atoms with van der Waals surface area (Å²) in [6.45, 7) is 5.40. The summed E-state index contributed by atoms with van der Waals surface area (Å²) in [4.78, 5) is 12.6. The Morgan fingerprint density at radius 3 is 2.40 bits per heavy atom. The molecule has 0 spiro atoms. The van der Waals surface area contributed by atoms with Crippen molar-refractivity contribution < 1.29 is 17.4 Å². The molecule has 2 aromatic rings. The van der Waals surface area contributed by atoms with Gasteiger partial charge in [-0.1, -0.05) is 56.1 Å². The molecule has 25 heavy (non-hydrogen) atoms. The number of carbonyl (C=O) groups excluding carboxylic acids is 1. The first-order chi connectivity index (χ1) is 11.5. The molecule has 0 bridgehead atoms. The molecule has 0 unspecified atom stereocenters. The van der Waals surface area contributed by atoms with Crippen molar-refractivity contribution in [3.63, 3.8) is 0 Å². The topological polar surface area (TPSA) is 60.4 Å². The zero-order chi connectivity index (χ0) is 18.8. The van der Waals surface area contributed by atoms with Crippen molar-refractivity contribution in [2.45, 2.75) is 20.8 Å². The predicted molar refractivity (Wildman–Crippen MR) is 100 cm³/mol. The molecule has 0 aliphatic rings. The fraction of sp³-hybridized carbons (Fsp3) is 0.278. The predicted octanol–water partition coefficient (Wildman–Crippen LogP) is 4.98. The Morgan fingerprint density at radius 2 is 1.76 bits per heavy atom. The summed E-state index contributed by atoms with van der Waals surface area (Å²) in [5.74, 6) is -0.433. The number of ketones is 1. The average Bonchev–Trinajstić information content (AvgIpc) is 2.46. The van der Waals surface area contributed by atoms with E-state index in [1.54, 1.807) is 39.0 Å². The number of halogens is 2. The quantitative estimate of drug-likeness (QED) is 0.524. The van der Waals surface area contributed by atoms with Crippen LogP contribution in [0.3, 0.4) is 0 Å². The Morgan fingerprint density at radius 1 is 1.08 bits per heavy atom. The van der Waals surface area contributed by atoms with E-state index in [0.717, 1.165) is 0 Å². The first-order valence-electron chi connectivity index (χ1n) is 7.49. The molecule has 0 aliphatic carbocycles. The average molecular weight is 401 g/mol. The van der Waals surface area contributed by atoms with Gasteiger partial charge in [0.15, 0.2) is 5.78 Å². The molecule has 0 radical (unpaired) electrons. The van der Waals surface area contributed by atoms with E-state index in [1.165, 1.54) is 24.3 Å². The maximum Gasteiger partial charge on any atom is 0.309 e. The minimum atomic E-state index is -3.77. The van der Waals surface area contributed by atoms with Gasteiger partial charge >= 0.3 is 10.1 Å². The molecule has 2 rings (SSSR count). The van der Waals surface area contributed by atoms with E-state index in [4.69, 9.17) is 27.4 Å². The highest BCUT2D eigenvalue weighted by atomic mass is 35.5. The standard InChI is InChI=1S/C18H18Cl2O4S/c1-18(2,3)11-25(22,23)24-14-6-4-5-12(9-14)17(21)15-10-13(19)7-8-16(15)20/h4-10H,11H2,1-3H3. The van der Waals surface area contributed by atoms with E-state index in [2.05, 4.69) is 0 Å². The minimum Gasteiger partial charge on any atom is -0.382 e. The summed E-state index contributed by atoms with van der Waals surface area (Å²) in [6, 6.07) is 10.5. The van der Waals surface area contributed by atoms with Gasteiger partial charge in [0.2, 0.25) is 0 Å². The molecule has 0 saturated carbocycles. The zero-order valence-electron chi connectivity index (χ0n) is 14.0. The van der Waals surface area contributed by atoms with Gasteiger partial charge in [0.05, 0.1) is 10.8 Å². The third kappa shape index (κ3) is 5.73. The highest BCUT2D eigenvalue weighted by molar-refractivity contribution is 7.87. The Kier molecular flexibility index (Phi) is 5.82. The Labute approximate surface area is 157 Å². The van der Waals surface area contributed by atoms with E-state index in [9.17, 15) is 13.2 Å². The summed E-state index contributed by atoms with van der Waals surface area (Å²) < 4.78 is 29.4. The fourth-order valence-electron chi connectivity index (χ4n) is 2.22. The number of hydrogen-bond acceptors (Lipinski definition) is 4. The second-order valence-corrected chi connectivity index (χ2v) is 9.24. The normalized spacial score (nSPS) is 12.0. The summed E-state index contributed by atoms with van der Waals surface area (Å²) in [5.41, 5.74) is 0.0529. The van der Waals surface area contributed by atoms with Gasteiger partial charge in [0.25, 0.3) is 0 Å². The molecule has 7 heteroatoms. The summed E-state index contributed by atoms with van der Waals surface area (Å²) >= 11 is 12.0. The monoisotopic (exact) mass is 400 g/mol. The van der Waals surface area contributed by atoms with E-state index < -0.39 is 15.5 Å². The van der Waals surface area contributed by atoms with Crippen LogP contribution in [-0.4, -0.2) is 20.0 Å². The van der Waals surface area contributed by atoms with Crippen LogP contribution in [0.15, 0.2) is 42.5 Å². The third-order valence-electron chi connectivity index (χ3n) is 3.10. The van der Waals surface area contributed by atoms with E-state index >= 15 is 0 Å². The molecule has 0 atom stereocenters. The van der Waals surface area contributed by atoms with Crippen molar-refractivity contribution in [1.29, 1.82) is 0 Å². The second-order valence-electron chi connectivity index (χ2n) is 6.83. The van der Waals surface area contributed by atoms with Gasteiger partial charge in [-0.15, -0.1) is 0 Å². The molecule has 0 saturated heterocycles. The number of hydrogen-bond donors (Lipinski definition) is 0. The summed E-state index contributed by atoms with van der Waals surface area (Å²) in [5, 5.41) is 0.647. The maximum absolute atomic E-state index is 12.6. The van der Waals surface area contributed by atoms with Crippen LogP contribution in [0.1, 0.15) is 36.7 Å². The lowest BCUT2D eigenvalue weighted by Crippen LogP contribution is -2.24. The largest absolute Gasteiger partial charge is 0.382 e.